The minimum absolute atomic E-state index is 0.0296. The fourth-order valence-electron chi connectivity index (χ4n) is 3.44. The van der Waals surface area contributed by atoms with E-state index in [4.69, 9.17) is 9.47 Å². The van der Waals surface area contributed by atoms with Gasteiger partial charge in [-0.1, -0.05) is 24.6 Å². The molecule has 144 valence electrons. The van der Waals surface area contributed by atoms with E-state index in [2.05, 4.69) is 4.98 Å². The fourth-order valence-corrected chi connectivity index (χ4v) is 3.44. The van der Waals surface area contributed by atoms with Crippen LogP contribution in [0.3, 0.4) is 0 Å². The summed E-state index contributed by atoms with van der Waals surface area (Å²) in [4.78, 5) is 29.7. The van der Waals surface area contributed by atoms with Crippen LogP contribution >= 0.6 is 0 Å². The maximum atomic E-state index is 12.7. The minimum Gasteiger partial charge on any atom is -0.490 e. The molecule has 1 aliphatic rings. The summed E-state index contributed by atoms with van der Waals surface area (Å²) >= 11 is 0. The van der Waals surface area contributed by atoms with Gasteiger partial charge < -0.3 is 9.47 Å². The molecular formula is C22H22N2O4. The number of carbonyl (C=O) groups excluding carboxylic acids is 1. The third-order valence-corrected chi connectivity index (χ3v) is 4.88. The Bertz CT molecular complexity index is 1040. The summed E-state index contributed by atoms with van der Waals surface area (Å²) < 4.78 is 12.6. The molecule has 6 heteroatoms. The van der Waals surface area contributed by atoms with Crippen molar-refractivity contribution in [2.45, 2.75) is 32.2 Å². The lowest BCUT2D eigenvalue weighted by atomic mass is 10.1. The molecule has 0 atom stereocenters. The van der Waals surface area contributed by atoms with Crippen molar-refractivity contribution in [1.29, 1.82) is 0 Å². The van der Waals surface area contributed by atoms with Gasteiger partial charge in [0.25, 0.3) is 5.56 Å². The lowest BCUT2D eigenvalue weighted by Crippen LogP contribution is -2.24. The van der Waals surface area contributed by atoms with E-state index in [0.717, 1.165) is 37.3 Å². The highest BCUT2D eigenvalue weighted by molar-refractivity contribution is 5.94. The second-order valence-electron chi connectivity index (χ2n) is 6.82. The largest absolute Gasteiger partial charge is 0.490 e. The second kappa shape index (κ2) is 8.25. The van der Waals surface area contributed by atoms with Crippen molar-refractivity contribution in [2.24, 2.45) is 0 Å². The molecule has 0 fully saturated rings. The van der Waals surface area contributed by atoms with Crippen LogP contribution in [0.15, 0.2) is 53.3 Å². The Labute approximate surface area is 162 Å². The highest BCUT2D eigenvalue weighted by Crippen LogP contribution is 2.17. The SMILES string of the molecule is O=C(OCCOc1ccccc1)c1ccc2c(=O)n3c(nc2c1)CCCCC3. The van der Waals surface area contributed by atoms with E-state index in [-0.39, 0.29) is 18.8 Å². The van der Waals surface area contributed by atoms with E-state index >= 15 is 0 Å². The molecule has 1 aromatic heterocycles. The van der Waals surface area contributed by atoms with Gasteiger partial charge in [0.05, 0.1) is 16.5 Å². The lowest BCUT2D eigenvalue weighted by molar-refractivity contribution is 0.0450. The summed E-state index contributed by atoms with van der Waals surface area (Å²) in [5.74, 6) is 1.09. The summed E-state index contributed by atoms with van der Waals surface area (Å²) in [7, 11) is 0. The first-order valence-corrected chi connectivity index (χ1v) is 9.61. The number of carbonyl (C=O) groups is 1. The number of hydrogen-bond acceptors (Lipinski definition) is 5. The summed E-state index contributed by atoms with van der Waals surface area (Å²) in [5, 5.41) is 0.537. The number of esters is 1. The molecule has 6 nitrogen and oxygen atoms in total. The Morgan fingerprint density at radius 1 is 1.04 bits per heavy atom. The number of aryl methyl sites for hydroxylation is 1. The van der Waals surface area contributed by atoms with Crippen molar-refractivity contribution in [3.8, 4) is 5.75 Å². The molecule has 0 saturated carbocycles. The van der Waals surface area contributed by atoms with Crippen molar-refractivity contribution < 1.29 is 14.3 Å². The van der Waals surface area contributed by atoms with Crippen LogP contribution in [-0.4, -0.2) is 28.7 Å². The van der Waals surface area contributed by atoms with Gasteiger partial charge in [-0.15, -0.1) is 0 Å². The lowest BCUT2D eigenvalue weighted by Gasteiger charge is -2.11. The number of fused-ring (bicyclic) bond motifs is 2. The van der Waals surface area contributed by atoms with Crippen LogP contribution in [-0.2, 0) is 17.7 Å². The number of benzene rings is 2. The maximum absolute atomic E-state index is 12.7. The molecule has 4 rings (SSSR count). The monoisotopic (exact) mass is 378 g/mol. The number of aromatic nitrogens is 2. The van der Waals surface area contributed by atoms with Gasteiger partial charge in [0.2, 0.25) is 0 Å². The average molecular weight is 378 g/mol. The summed E-state index contributed by atoms with van der Waals surface area (Å²) in [6.45, 7) is 1.13. The summed E-state index contributed by atoms with van der Waals surface area (Å²) in [6, 6.07) is 14.3. The van der Waals surface area contributed by atoms with Crippen LogP contribution < -0.4 is 10.3 Å². The normalized spacial score (nSPS) is 13.6. The Morgan fingerprint density at radius 3 is 2.75 bits per heavy atom. The van der Waals surface area contributed by atoms with Crippen LogP contribution in [0.1, 0.15) is 35.4 Å². The van der Waals surface area contributed by atoms with Gasteiger partial charge in [-0.2, -0.15) is 0 Å². The minimum atomic E-state index is -0.449. The zero-order valence-electron chi connectivity index (χ0n) is 15.6. The van der Waals surface area contributed by atoms with E-state index in [1.165, 1.54) is 0 Å². The number of hydrogen-bond donors (Lipinski definition) is 0. The molecule has 0 N–H and O–H groups in total. The average Bonchev–Trinajstić information content (AvgIpc) is 2.97. The molecule has 0 radical (unpaired) electrons. The third-order valence-electron chi connectivity index (χ3n) is 4.88. The van der Waals surface area contributed by atoms with Gasteiger partial charge in [-0.05, 0) is 43.2 Å². The van der Waals surface area contributed by atoms with E-state index in [1.807, 2.05) is 30.3 Å². The van der Waals surface area contributed by atoms with Crippen LogP contribution in [0.2, 0.25) is 0 Å². The number of para-hydroxylation sites is 1. The molecule has 28 heavy (non-hydrogen) atoms. The van der Waals surface area contributed by atoms with Gasteiger partial charge >= 0.3 is 5.97 Å². The van der Waals surface area contributed by atoms with Crippen molar-refractivity contribution in [1.82, 2.24) is 9.55 Å². The van der Waals surface area contributed by atoms with E-state index < -0.39 is 5.97 Å². The molecule has 2 aromatic carbocycles. The van der Waals surface area contributed by atoms with Crippen LogP contribution in [0, 0.1) is 0 Å². The Balaban J connectivity index is 1.46. The first-order chi connectivity index (χ1) is 13.7. The number of rotatable bonds is 5. The van der Waals surface area contributed by atoms with E-state index in [0.29, 0.717) is 23.0 Å². The first kappa shape index (κ1) is 18.2. The molecule has 0 amide bonds. The van der Waals surface area contributed by atoms with Crippen LogP contribution in [0.25, 0.3) is 10.9 Å². The number of nitrogens with zero attached hydrogens (tertiary/aromatic N) is 2. The highest BCUT2D eigenvalue weighted by Gasteiger charge is 2.15. The molecule has 0 unspecified atom stereocenters. The second-order valence-corrected chi connectivity index (χ2v) is 6.82. The van der Waals surface area contributed by atoms with Crippen LogP contribution in [0.4, 0.5) is 0 Å². The molecular weight excluding hydrogens is 356 g/mol. The molecule has 0 aliphatic carbocycles. The number of ether oxygens (including phenoxy) is 2. The quantitative estimate of drug-likeness (QED) is 0.503. The molecule has 0 spiro atoms. The van der Waals surface area contributed by atoms with Gasteiger partial charge in [0.1, 0.15) is 24.8 Å². The van der Waals surface area contributed by atoms with Crippen molar-refractivity contribution >= 4 is 16.9 Å². The molecule has 2 heterocycles. The van der Waals surface area contributed by atoms with E-state index in [9.17, 15) is 9.59 Å². The highest BCUT2D eigenvalue weighted by atomic mass is 16.6. The molecule has 0 saturated heterocycles. The summed E-state index contributed by atoms with van der Waals surface area (Å²) in [5.41, 5.74) is 0.906. The van der Waals surface area contributed by atoms with Gasteiger partial charge in [0, 0.05) is 13.0 Å². The zero-order chi connectivity index (χ0) is 19.3. The van der Waals surface area contributed by atoms with Crippen molar-refractivity contribution in [3.63, 3.8) is 0 Å². The Morgan fingerprint density at radius 2 is 1.89 bits per heavy atom. The van der Waals surface area contributed by atoms with Crippen molar-refractivity contribution in [3.05, 3.63) is 70.3 Å². The van der Waals surface area contributed by atoms with Crippen LogP contribution in [0.5, 0.6) is 5.75 Å². The maximum Gasteiger partial charge on any atom is 0.338 e. The van der Waals surface area contributed by atoms with Crippen molar-refractivity contribution in [2.75, 3.05) is 13.2 Å². The topological polar surface area (TPSA) is 70.4 Å². The van der Waals surface area contributed by atoms with Gasteiger partial charge in [0.15, 0.2) is 0 Å². The van der Waals surface area contributed by atoms with E-state index in [1.54, 1.807) is 22.8 Å². The molecule has 0 bridgehead atoms. The molecule has 1 aliphatic heterocycles. The zero-order valence-corrected chi connectivity index (χ0v) is 15.6. The Hall–Kier alpha value is -3.15. The molecule has 3 aromatic rings. The predicted octanol–water partition coefficient (Wildman–Crippen LogP) is 3.36. The third kappa shape index (κ3) is 3.91. The first-order valence-electron chi connectivity index (χ1n) is 9.61. The Kier molecular flexibility index (Phi) is 5.37. The van der Waals surface area contributed by atoms with Gasteiger partial charge in [-0.3, -0.25) is 9.36 Å². The fraction of sp³-hybridized carbons (Fsp3) is 0.318. The standard InChI is InChI=1S/C22H22N2O4/c25-21-18-11-10-16(15-19(18)23-20-9-5-2-6-12-24(20)21)22(26)28-14-13-27-17-7-3-1-4-8-17/h1,3-4,7-8,10-11,15H,2,5-6,9,12-14H2. The smallest absolute Gasteiger partial charge is 0.338 e. The predicted molar refractivity (Wildman–Crippen MR) is 106 cm³/mol. The summed E-state index contributed by atoms with van der Waals surface area (Å²) in [6.07, 6.45) is 3.91. The van der Waals surface area contributed by atoms with Gasteiger partial charge in [-0.25, -0.2) is 9.78 Å².